The van der Waals surface area contributed by atoms with E-state index in [-0.39, 0.29) is 6.10 Å². The van der Waals surface area contributed by atoms with Crippen LogP contribution in [-0.4, -0.2) is 6.10 Å². The van der Waals surface area contributed by atoms with Crippen molar-refractivity contribution in [2.75, 3.05) is 0 Å². The van der Waals surface area contributed by atoms with Crippen LogP contribution in [0, 0.1) is 6.07 Å². The number of halogens is 1. The minimum absolute atomic E-state index is 0.213. The molecule has 0 fully saturated rings. The highest BCUT2D eigenvalue weighted by molar-refractivity contribution is 6.32. The number of ether oxygens (including phenoxy) is 1. The summed E-state index contributed by atoms with van der Waals surface area (Å²) in [5.41, 5.74) is 0. The molecule has 0 aliphatic heterocycles. The second-order valence-corrected chi connectivity index (χ2v) is 3.10. The van der Waals surface area contributed by atoms with Gasteiger partial charge in [0.2, 0.25) is 0 Å². The predicted molar refractivity (Wildman–Crippen MR) is 50.7 cm³/mol. The van der Waals surface area contributed by atoms with Crippen LogP contribution >= 0.6 is 11.6 Å². The molecule has 1 aromatic carbocycles. The maximum atomic E-state index is 5.87. The third kappa shape index (κ3) is 2.42. The molecule has 0 aliphatic rings. The van der Waals surface area contributed by atoms with Gasteiger partial charge >= 0.3 is 0 Å². The molecule has 1 atom stereocenters. The Balaban J connectivity index is 2.69. The van der Waals surface area contributed by atoms with Crippen molar-refractivity contribution in [3.05, 3.63) is 29.3 Å². The molecule has 0 unspecified atom stereocenters. The van der Waals surface area contributed by atoms with Gasteiger partial charge in [-0.05, 0) is 31.5 Å². The number of benzene rings is 1. The fourth-order valence-electron chi connectivity index (χ4n) is 0.791. The van der Waals surface area contributed by atoms with Gasteiger partial charge in [0.05, 0.1) is 11.1 Å². The molecular weight excluding hydrogens is 172 g/mol. The number of rotatable bonds is 3. The van der Waals surface area contributed by atoms with E-state index in [0.29, 0.717) is 5.02 Å². The normalized spacial score (nSPS) is 12.6. The van der Waals surface area contributed by atoms with E-state index in [1.807, 2.05) is 13.0 Å². The molecule has 1 radical (unpaired) electrons. The molecule has 0 heterocycles. The van der Waals surface area contributed by atoms with Gasteiger partial charge in [-0.25, -0.2) is 0 Å². The number of hydrogen-bond donors (Lipinski definition) is 0. The van der Waals surface area contributed by atoms with E-state index in [1.165, 1.54) is 0 Å². The lowest BCUT2D eigenvalue weighted by molar-refractivity contribution is 0.217. The van der Waals surface area contributed by atoms with Crippen molar-refractivity contribution in [2.24, 2.45) is 0 Å². The van der Waals surface area contributed by atoms with Crippen LogP contribution in [0.5, 0.6) is 5.75 Å². The van der Waals surface area contributed by atoms with Crippen LogP contribution in [-0.2, 0) is 0 Å². The predicted octanol–water partition coefficient (Wildman–Crippen LogP) is 3.32. The first-order valence-corrected chi connectivity index (χ1v) is 4.44. The molecular formula is C10H12ClO. The third-order valence-corrected chi connectivity index (χ3v) is 1.97. The van der Waals surface area contributed by atoms with Gasteiger partial charge in [-0.3, -0.25) is 0 Å². The Morgan fingerprint density at radius 1 is 1.67 bits per heavy atom. The Kier molecular flexibility index (Phi) is 3.42. The Morgan fingerprint density at radius 3 is 3.00 bits per heavy atom. The molecule has 0 spiro atoms. The molecule has 65 valence electrons. The zero-order valence-electron chi connectivity index (χ0n) is 7.30. The van der Waals surface area contributed by atoms with Gasteiger partial charge in [0.15, 0.2) is 0 Å². The van der Waals surface area contributed by atoms with E-state index in [4.69, 9.17) is 16.3 Å². The van der Waals surface area contributed by atoms with E-state index in [9.17, 15) is 0 Å². The second-order valence-electron chi connectivity index (χ2n) is 2.69. The number of hydrogen-bond acceptors (Lipinski definition) is 1. The minimum atomic E-state index is 0.213. The van der Waals surface area contributed by atoms with Crippen LogP contribution in [0.25, 0.3) is 0 Å². The molecule has 0 saturated heterocycles. The van der Waals surface area contributed by atoms with Crippen LogP contribution in [0.1, 0.15) is 20.3 Å². The Morgan fingerprint density at radius 2 is 2.42 bits per heavy atom. The summed E-state index contributed by atoms with van der Waals surface area (Å²) in [4.78, 5) is 0. The van der Waals surface area contributed by atoms with Crippen LogP contribution in [0.4, 0.5) is 0 Å². The molecule has 1 nitrogen and oxygen atoms in total. The van der Waals surface area contributed by atoms with Gasteiger partial charge in [0.1, 0.15) is 5.75 Å². The van der Waals surface area contributed by atoms with Crippen molar-refractivity contribution in [3.8, 4) is 5.75 Å². The molecule has 0 saturated carbocycles. The summed E-state index contributed by atoms with van der Waals surface area (Å²) in [6.45, 7) is 4.10. The lowest BCUT2D eigenvalue weighted by Gasteiger charge is -2.12. The zero-order valence-corrected chi connectivity index (χ0v) is 8.06. The quantitative estimate of drug-likeness (QED) is 0.699. The van der Waals surface area contributed by atoms with E-state index in [0.717, 1.165) is 12.2 Å². The highest BCUT2D eigenvalue weighted by atomic mass is 35.5. The molecule has 1 rings (SSSR count). The Hall–Kier alpha value is -0.690. The van der Waals surface area contributed by atoms with Gasteiger partial charge in [-0.2, -0.15) is 0 Å². The standard InChI is InChI=1S/C10H12ClO/c1-3-8(2)12-10-7-5-4-6-9(10)11/h5-8H,3H2,1-2H3/t8-/m1/s1. The fraction of sp³-hybridized carbons (Fsp3) is 0.400. The fourth-order valence-corrected chi connectivity index (χ4v) is 0.962. The van der Waals surface area contributed by atoms with E-state index >= 15 is 0 Å². The first kappa shape index (κ1) is 9.40. The molecule has 0 amide bonds. The summed E-state index contributed by atoms with van der Waals surface area (Å²) in [7, 11) is 0. The van der Waals surface area contributed by atoms with Gasteiger partial charge < -0.3 is 4.74 Å². The Bertz CT molecular complexity index is 247. The van der Waals surface area contributed by atoms with Crippen LogP contribution in [0.3, 0.4) is 0 Å². The molecule has 2 heteroatoms. The average Bonchev–Trinajstić information content (AvgIpc) is 2.09. The maximum Gasteiger partial charge on any atom is 0.138 e. The summed E-state index contributed by atoms with van der Waals surface area (Å²) in [5, 5.41) is 0.623. The summed E-state index contributed by atoms with van der Waals surface area (Å²) in [5.74, 6) is 0.741. The summed E-state index contributed by atoms with van der Waals surface area (Å²) in [6, 6.07) is 8.21. The summed E-state index contributed by atoms with van der Waals surface area (Å²) < 4.78 is 5.54. The van der Waals surface area contributed by atoms with Gasteiger partial charge in [0.25, 0.3) is 0 Å². The van der Waals surface area contributed by atoms with Gasteiger partial charge in [0, 0.05) is 0 Å². The molecule has 0 aliphatic carbocycles. The van der Waals surface area contributed by atoms with Crippen LogP contribution < -0.4 is 4.74 Å². The lowest BCUT2D eigenvalue weighted by Crippen LogP contribution is -2.09. The van der Waals surface area contributed by atoms with Crippen LogP contribution in [0.2, 0.25) is 5.02 Å². The topological polar surface area (TPSA) is 9.23 Å². The maximum absolute atomic E-state index is 5.87. The largest absolute Gasteiger partial charge is 0.489 e. The van der Waals surface area contributed by atoms with E-state index in [2.05, 4.69) is 13.0 Å². The van der Waals surface area contributed by atoms with E-state index < -0.39 is 0 Å². The van der Waals surface area contributed by atoms with E-state index in [1.54, 1.807) is 12.1 Å². The highest BCUT2D eigenvalue weighted by Gasteiger charge is 2.03. The average molecular weight is 184 g/mol. The van der Waals surface area contributed by atoms with Crippen molar-refractivity contribution in [1.82, 2.24) is 0 Å². The van der Waals surface area contributed by atoms with Crippen molar-refractivity contribution in [1.29, 1.82) is 0 Å². The lowest BCUT2D eigenvalue weighted by atomic mass is 10.3. The first-order valence-electron chi connectivity index (χ1n) is 4.06. The van der Waals surface area contributed by atoms with Crippen LogP contribution in [0.15, 0.2) is 18.2 Å². The third-order valence-electron chi connectivity index (χ3n) is 1.68. The van der Waals surface area contributed by atoms with Gasteiger partial charge in [-0.1, -0.05) is 24.6 Å². The minimum Gasteiger partial charge on any atom is -0.489 e. The van der Waals surface area contributed by atoms with Gasteiger partial charge in [-0.15, -0.1) is 0 Å². The highest BCUT2D eigenvalue weighted by Crippen LogP contribution is 2.24. The molecule has 0 aromatic heterocycles. The summed E-state index contributed by atoms with van der Waals surface area (Å²) >= 11 is 5.87. The zero-order chi connectivity index (χ0) is 8.97. The molecule has 1 aromatic rings. The van der Waals surface area contributed by atoms with Crippen molar-refractivity contribution >= 4 is 11.6 Å². The smallest absolute Gasteiger partial charge is 0.138 e. The molecule has 0 bridgehead atoms. The van der Waals surface area contributed by atoms with Crippen molar-refractivity contribution in [2.45, 2.75) is 26.4 Å². The molecule has 12 heavy (non-hydrogen) atoms. The summed E-state index contributed by atoms with van der Waals surface area (Å²) in [6.07, 6.45) is 1.19. The van der Waals surface area contributed by atoms with Crippen molar-refractivity contribution < 1.29 is 4.74 Å². The molecule has 0 N–H and O–H groups in total. The first-order chi connectivity index (χ1) is 5.74. The SMILES string of the molecule is CC[C@@H](C)Oc1cc[c]cc1Cl. The Labute approximate surface area is 78.3 Å². The van der Waals surface area contributed by atoms with Crippen molar-refractivity contribution in [3.63, 3.8) is 0 Å². The second kappa shape index (κ2) is 4.36. The monoisotopic (exact) mass is 183 g/mol.